The van der Waals surface area contributed by atoms with Crippen LogP contribution in [-0.2, 0) is 4.74 Å². The molecule has 3 aromatic heterocycles. The molecule has 1 unspecified atom stereocenters. The van der Waals surface area contributed by atoms with Crippen molar-refractivity contribution < 1.29 is 13.9 Å². The van der Waals surface area contributed by atoms with Crippen LogP contribution in [0.5, 0.6) is 0 Å². The molecule has 0 spiro atoms. The fraction of sp³-hybridized carbons (Fsp3) is 0.368. The monoisotopic (exact) mass is 401 g/mol. The predicted molar refractivity (Wildman–Crippen MR) is 107 cm³/mol. The molecule has 1 saturated heterocycles. The Hall–Kier alpha value is -2.81. The van der Waals surface area contributed by atoms with Crippen molar-refractivity contribution in [3.8, 4) is 0 Å². The Balaban J connectivity index is 1.64. The molecule has 0 aliphatic carbocycles. The minimum Gasteiger partial charge on any atom is -0.465 e. The van der Waals surface area contributed by atoms with E-state index >= 15 is 0 Å². The standard InChI is InChI=1S/C19H20FN5O2S/c1-11-9-24(6-7-25(11)14-5-4-13(20)8-21-14)17-15-12(2)16(19(26)27-3)28-18(15)23-10-22-17/h4-5,8,10-11H,6-7,9H2,1-3H3. The molecular formula is C19H20FN5O2S. The van der Waals surface area contributed by atoms with Crippen LogP contribution in [0.2, 0.25) is 0 Å². The molecule has 0 amide bonds. The molecule has 1 aliphatic heterocycles. The van der Waals surface area contributed by atoms with E-state index in [1.807, 2.05) is 6.92 Å². The molecule has 0 aromatic carbocycles. The zero-order valence-corrected chi connectivity index (χ0v) is 16.7. The summed E-state index contributed by atoms with van der Waals surface area (Å²) in [6.45, 7) is 6.21. The van der Waals surface area contributed by atoms with Gasteiger partial charge in [0.25, 0.3) is 0 Å². The lowest BCUT2D eigenvalue weighted by molar-refractivity contribution is 0.0605. The fourth-order valence-electron chi connectivity index (χ4n) is 3.61. The molecule has 0 bridgehead atoms. The average Bonchev–Trinajstić information content (AvgIpc) is 3.05. The van der Waals surface area contributed by atoms with Crippen LogP contribution in [0.1, 0.15) is 22.2 Å². The second-order valence-corrected chi connectivity index (χ2v) is 7.75. The lowest BCUT2D eigenvalue weighted by Crippen LogP contribution is -2.52. The first-order valence-electron chi connectivity index (χ1n) is 8.95. The normalized spacial score (nSPS) is 17.2. The molecule has 0 saturated carbocycles. The number of carbonyl (C=O) groups excluding carboxylic acids is 1. The summed E-state index contributed by atoms with van der Waals surface area (Å²) in [5, 5.41) is 0.897. The number of thiophene rings is 1. The molecule has 3 aromatic rings. The number of aromatic nitrogens is 3. The van der Waals surface area contributed by atoms with Gasteiger partial charge in [-0.3, -0.25) is 0 Å². The van der Waals surface area contributed by atoms with E-state index in [2.05, 4.69) is 31.7 Å². The molecule has 4 heterocycles. The number of aryl methyl sites for hydroxylation is 1. The number of esters is 1. The SMILES string of the molecule is COC(=O)c1sc2ncnc(N3CCN(c4ccc(F)cn4)C(C)C3)c2c1C. The molecule has 4 rings (SSSR count). The van der Waals surface area contributed by atoms with Crippen molar-refractivity contribution in [3.63, 3.8) is 0 Å². The van der Waals surface area contributed by atoms with Gasteiger partial charge in [0.15, 0.2) is 0 Å². The van der Waals surface area contributed by atoms with Crippen LogP contribution in [0.3, 0.4) is 0 Å². The highest BCUT2D eigenvalue weighted by molar-refractivity contribution is 7.20. The average molecular weight is 401 g/mol. The third-order valence-corrected chi connectivity index (χ3v) is 6.19. The molecule has 28 heavy (non-hydrogen) atoms. The Morgan fingerprint density at radius 2 is 2.11 bits per heavy atom. The summed E-state index contributed by atoms with van der Waals surface area (Å²) in [4.78, 5) is 30.8. The van der Waals surface area contributed by atoms with Gasteiger partial charge in [0.05, 0.1) is 18.7 Å². The highest BCUT2D eigenvalue weighted by atomic mass is 32.1. The van der Waals surface area contributed by atoms with Crippen molar-refractivity contribution >= 4 is 39.2 Å². The van der Waals surface area contributed by atoms with Crippen LogP contribution in [-0.4, -0.2) is 53.7 Å². The van der Waals surface area contributed by atoms with Crippen LogP contribution < -0.4 is 9.80 Å². The molecule has 1 atom stereocenters. The first kappa shape index (κ1) is 18.5. The van der Waals surface area contributed by atoms with E-state index in [0.717, 1.165) is 47.1 Å². The molecular weight excluding hydrogens is 381 g/mol. The summed E-state index contributed by atoms with van der Waals surface area (Å²) < 4.78 is 18.1. The van der Waals surface area contributed by atoms with Crippen LogP contribution in [0.15, 0.2) is 24.7 Å². The Morgan fingerprint density at radius 3 is 2.79 bits per heavy atom. The number of carbonyl (C=O) groups is 1. The van der Waals surface area contributed by atoms with E-state index < -0.39 is 0 Å². The van der Waals surface area contributed by atoms with Crippen LogP contribution in [0.4, 0.5) is 16.0 Å². The molecule has 146 valence electrons. The molecule has 7 nitrogen and oxygen atoms in total. The van der Waals surface area contributed by atoms with E-state index in [1.54, 1.807) is 6.07 Å². The number of anilines is 2. The first-order valence-corrected chi connectivity index (χ1v) is 9.76. The van der Waals surface area contributed by atoms with E-state index in [1.165, 1.54) is 37.0 Å². The van der Waals surface area contributed by atoms with Gasteiger partial charge in [-0.2, -0.15) is 0 Å². The number of rotatable bonds is 3. The van der Waals surface area contributed by atoms with Crippen LogP contribution in [0, 0.1) is 12.7 Å². The summed E-state index contributed by atoms with van der Waals surface area (Å²) in [5.74, 6) is 0.897. The largest absolute Gasteiger partial charge is 0.465 e. The lowest BCUT2D eigenvalue weighted by Gasteiger charge is -2.41. The number of pyridine rings is 1. The maximum Gasteiger partial charge on any atom is 0.348 e. The fourth-order valence-corrected chi connectivity index (χ4v) is 4.67. The van der Waals surface area contributed by atoms with Crippen molar-refractivity contribution in [3.05, 3.63) is 40.9 Å². The minimum atomic E-state index is -0.355. The minimum absolute atomic E-state index is 0.163. The van der Waals surface area contributed by atoms with E-state index in [-0.39, 0.29) is 17.8 Å². The number of ether oxygens (including phenoxy) is 1. The Bertz CT molecular complexity index is 1020. The maximum atomic E-state index is 13.2. The van der Waals surface area contributed by atoms with Gasteiger partial charge in [0, 0.05) is 25.7 Å². The number of methoxy groups -OCH3 is 1. The molecule has 0 radical (unpaired) electrons. The van der Waals surface area contributed by atoms with Gasteiger partial charge in [-0.15, -0.1) is 11.3 Å². The first-order chi connectivity index (χ1) is 13.5. The summed E-state index contributed by atoms with van der Waals surface area (Å²) in [6.07, 6.45) is 2.78. The van der Waals surface area contributed by atoms with Crippen LogP contribution in [0.25, 0.3) is 10.2 Å². The summed E-state index contributed by atoms with van der Waals surface area (Å²) in [5.41, 5.74) is 0.845. The van der Waals surface area contributed by atoms with Gasteiger partial charge in [-0.1, -0.05) is 0 Å². The van der Waals surface area contributed by atoms with Crippen LogP contribution >= 0.6 is 11.3 Å². The van der Waals surface area contributed by atoms with E-state index in [9.17, 15) is 9.18 Å². The molecule has 1 aliphatic rings. The van der Waals surface area contributed by atoms with Gasteiger partial charge >= 0.3 is 5.97 Å². The number of hydrogen-bond donors (Lipinski definition) is 0. The van der Waals surface area contributed by atoms with Gasteiger partial charge in [-0.05, 0) is 31.5 Å². The molecule has 0 N–H and O–H groups in total. The van der Waals surface area contributed by atoms with E-state index in [4.69, 9.17) is 4.74 Å². The highest BCUT2D eigenvalue weighted by Gasteiger charge is 2.28. The van der Waals surface area contributed by atoms with Crippen molar-refractivity contribution in [1.29, 1.82) is 0 Å². The highest BCUT2D eigenvalue weighted by Crippen LogP contribution is 2.36. The van der Waals surface area contributed by atoms with Gasteiger partial charge in [0.1, 0.15) is 33.5 Å². The topological polar surface area (TPSA) is 71.5 Å². The smallest absolute Gasteiger partial charge is 0.348 e. The molecule has 1 fully saturated rings. The maximum absolute atomic E-state index is 13.2. The Morgan fingerprint density at radius 1 is 1.29 bits per heavy atom. The number of fused-ring (bicyclic) bond motifs is 1. The number of piperazine rings is 1. The van der Waals surface area contributed by atoms with Crippen molar-refractivity contribution in [2.24, 2.45) is 0 Å². The van der Waals surface area contributed by atoms with Crippen molar-refractivity contribution in [2.75, 3.05) is 36.5 Å². The zero-order valence-electron chi connectivity index (χ0n) is 15.8. The summed E-state index contributed by atoms with van der Waals surface area (Å²) >= 11 is 1.33. The second kappa shape index (κ2) is 7.31. The third kappa shape index (κ3) is 3.15. The quantitative estimate of drug-likeness (QED) is 0.625. The third-order valence-electron chi connectivity index (χ3n) is 5.01. The predicted octanol–water partition coefficient (Wildman–Crippen LogP) is 3.04. The number of halogens is 1. The Labute approximate surface area is 165 Å². The van der Waals surface area contributed by atoms with Crippen molar-refractivity contribution in [1.82, 2.24) is 15.0 Å². The van der Waals surface area contributed by atoms with Gasteiger partial charge < -0.3 is 14.5 Å². The zero-order chi connectivity index (χ0) is 19.8. The van der Waals surface area contributed by atoms with Crippen molar-refractivity contribution in [2.45, 2.75) is 19.9 Å². The molecule has 9 heteroatoms. The van der Waals surface area contributed by atoms with E-state index in [0.29, 0.717) is 4.88 Å². The summed E-state index contributed by atoms with van der Waals surface area (Å²) in [6, 6.07) is 3.30. The number of hydrogen-bond acceptors (Lipinski definition) is 8. The Kier molecular flexibility index (Phi) is 4.84. The van der Waals surface area contributed by atoms with Gasteiger partial charge in [0.2, 0.25) is 0 Å². The summed E-state index contributed by atoms with van der Waals surface area (Å²) in [7, 11) is 1.38. The lowest BCUT2D eigenvalue weighted by atomic mass is 10.1. The second-order valence-electron chi connectivity index (χ2n) is 6.75. The van der Waals surface area contributed by atoms with Gasteiger partial charge in [-0.25, -0.2) is 24.1 Å². The number of nitrogens with zero attached hydrogens (tertiary/aromatic N) is 5.